The maximum absolute atomic E-state index is 12.8. The molecule has 0 aromatic heterocycles. The van der Waals surface area contributed by atoms with Crippen LogP contribution in [0.5, 0.6) is 5.75 Å². The molecule has 0 bridgehead atoms. The van der Waals surface area contributed by atoms with Crippen LogP contribution in [-0.2, 0) is 17.8 Å². The number of rotatable bonds is 3. The van der Waals surface area contributed by atoms with E-state index >= 15 is 0 Å². The number of hydrogen-bond donors (Lipinski definition) is 2. The quantitative estimate of drug-likeness (QED) is 0.787. The molecule has 1 saturated heterocycles. The molecule has 0 radical (unpaired) electrons. The van der Waals surface area contributed by atoms with Gasteiger partial charge in [-0.05, 0) is 57.2 Å². The number of carboxylic acid groups (broad SMARTS) is 1. The second-order valence-corrected chi connectivity index (χ2v) is 10.3. The Morgan fingerprint density at radius 2 is 2.04 bits per heavy atom. The zero-order valence-corrected chi connectivity index (χ0v) is 16.7. The molecule has 7 heteroatoms. The van der Waals surface area contributed by atoms with E-state index in [1.807, 2.05) is 32.9 Å². The minimum absolute atomic E-state index is 0.0661. The third kappa shape index (κ3) is 3.40. The van der Waals surface area contributed by atoms with Gasteiger partial charge in [0.05, 0.1) is 13.2 Å². The molecular weight excluding hydrogens is 352 g/mol. The Kier molecular flexibility index (Phi) is 5.16. The van der Waals surface area contributed by atoms with Crippen LogP contribution in [0.25, 0.3) is 0 Å². The molecule has 1 aromatic carbocycles. The zero-order chi connectivity index (χ0) is 19.1. The van der Waals surface area contributed by atoms with Gasteiger partial charge in [0.15, 0.2) is 0 Å². The largest absolute Gasteiger partial charge is 0.598 e. The number of ether oxygens (including phenoxy) is 1. The summed E-state index contributed by atoms with van der Waals surface area (Å²) in [5, 5.41) is 9.28. The number of nitrogens with one attached hydrogen (secondary N) is 1. The molecule has 26 heavy (non-hydrogen) atoms. The highest BCUT2D eigenvalue weighted by molar-refractivity contribution is 7.90. The fraction of sp³-hybridized carbons (Fsp3) is 0.632. The summed E-state index contributed by atoms with van der Waals surface area (Å²) in [6, 6.07) is 5.94. The highest BCUT2D eigenvalue weighted by atomic mass is 32.2. The van der Waals surface area contributed by atoms with Crippen molar-refractivity contribution in [3.8, 4) is 5.75 Å². The van der Waals surface area contributed by atoms with Crippen molar-refractivity contribution < 1.29 is 19.2 Å². The Bertz CT molecular complexity index is 681. The lowest BCUT2D eigenvalue weighted by Crippen LogP contribution is -2.50. The molecule has 1 spiro atoms. The van der Waals surface area contributed by atoms with Gasteiger partial charge in [-0.15, -0.1) is 4.72 Å². The normalized spacial score (nSPS) is 23.0. The number of hydrogen-bond acceptors (Lipinski definition) is 4. The Hall–Kier alpha value is -1.44. The summed E-state index contributed by atoms with van der Waals surface area (Å²) >= 11 is -1.21. The maximum Gasteiger partial charge on any atom is 0.407 e. The second-order valence-electron chi connectivity index (χ2n) is 8.27. The molecule has 2 aliphatic rings. The van der Waals surface area contributed by atoms with Crippen LogP contribution in [0.2, 0.25) is 0 Å². The van der Waals surface area contributed by atoms with Gasteiger partial charge in [0, 0.05) is 29.9 Å². The van der Waals surface area contributed by atoms with Gasteiger partial charge in [0.2, 0.25) is 0 Å². The second kappa shape index (κ2) is 6.94. The van der Waals surface area contributed by atoms with Crippen LogP contribution < -0.4 is 9.46 Å². The molecule has 0 saturated carbocycles. The first kappa shape index (κ1) is 19.3. The van der Waals surface area contributed by atoms with Crippen molar-refractivity contribution in [2.45, 2.75) is 50.8 Å². The van der Waals surface area contributed by atoms with Gasteiger partial charge in [-0.3, -0.25) is 0 Å². The van der Waals surface area contributed by atoms with Crippen LogP contribution in [0.1, 0.15) is 50.8 Å². The average molecular weight is 381 g/mol. The molecule has 3 rings (SSSR count). The number of carbonyl (C=O) groups is 1. The van der Waals surface area contributed by atoms with Crippen LogP contribution in [0.4, 0.5) is 4.79 Å². The molecule has 0 unspecified atom stereocenters. The SMILES string of the molecule is COc1cccc2c1CC1(CCN(C(=O)O)CC1)[C@@H]2N[S@+]([O-])C(C)(C)C. The van der Waals surface area contributed by atoms with Crippen LogP contribution in [0, 0.1) is 5.41 Å². The summed E-state index contributed by atoms with van der Waals surface area (Å²) in [6.45, 7) is 6.88. The first-order chi connectivity index (χ1) is 12.2. The number of methoxy groups -OCH3 is 1. The average Bonchev–Trinajstić information content (AvgIpc) is 2.87. The summed E-state index contributed by atoms with van der Waals surface area (Å²) in [5.41, 5.74) is 2.15. The fourth-order valence-corrected chi connectivity index (χ4v) is 5.04. The van der Waals surface area contributed by atoms with Gasteiger partial charge in [0.1, 0.15) is 10.5 Å². The van der Waals surface area contributed by atoms with E-state index < -0.39 is 17.5 Å². The van der Waals surface area contributed by atoms with Gasteiger partial charge < -0.3 is 19.3 Å². The van der Waals surface area contributed by atoms with Crippen LogP contribution in [0.15, 0.2) is 18.2 Å². The van der Waals surface area contributed by atoms with Crippen LogP contribution >= 0.6 is 0 Å². The predicted molar refractivity (Wildman–Crippen MR) is 102 cm³/mol. The van der Waals surface area contributed by atoms with Crippen molar-refractivity contribution in [1.29, 1.82) is 0 Å². The molecule has 6 nitrogen and oxygen atoms in total. The van der Waals surface area contributed by atoms with Crippen LogP contribution in [0.3, 0.4) is 0 Å². The van der Waals surface area contributed by atoms with E-state index in [9.17, 15) is 14.5 Å². The van der Waals surface area contributed by atoms with E-state index in [0.29, 0.717) is 13.1 Å². The standard InChI is InChI=1S/C19H28N2O4S/c1-18(2,3)26(24)20-16-13-6-5-7-15(25-4)14(13)12-19(16)8-10-21(11-9-19)17(22)23/h5-7,16,20H,8-12H2,1-4H3,(H,22,23)/t16-,26-/m1/s1. The number of benzene rings is 1. The zero-order valence-electron chi connectivity index (χ0n) is 15.9. The molecule has 2 N–H and O–H groups in total. The molecule has 2 atom stereocenters. The number of nitrogens with zero attached hydrogens (tertiary/aromatic N) is 1. The highest BCUT2D eigenvalue weighted by Gasteiger charge is 2.51. The van der Waals surface area contributed by atoms with E-state index in [0.717, 1.165) is 36.1 Å². The van der Waals surface area contributed by atoms with E-state index in [1.165, 1.54) is 4.90 Å². The van der Waals surface area contributed by atoms with Gasteiger partial charge in [-0.25, -0.2) is 4.79 Å². The molecule has 144 valence electrons. The third-order valence-electron chi connectivity index (χ3n) is 5.65. The number of amides is 1. The van der Waals surface area contributed by atoms with E-state index in [2.05, 4.69) is 10.8 Å². The van der Waals surface area contributed by atoms with E-state index in [-0.39, 0.29) is 16.2 Å². The van der Waals surface area contributed by atoms with Gasteiger partial charge >= 0.3 is 6.09 Å². The van der Waals surface area contributed by atoms with Crippen LogP contribution in [-0.4, -0.2) is 45.6 Å². The van der Waals surface area contributed by atoms with Gasteiger partial charge in [-0.1, -0.05) is 12.1 Å². The Morgan fingerprint density at radius 3 is 2.58 bits per heavy atom. The molecule has 1 aliphatic heterocycles. The van der Waals surface area contributed by atoms with Crippen molar-refractivity contribution in [2.75, 3.05) is 20.2 Å². The highest BCUT2D eigenvalue weighted by Crippen LogP contribution is 2.54. The van der Waals surface area contributed by atoms with Gasteiger partial charge in [0.25, 0.3) is 0 Å². The number of likely N-dealkylation sites (tertiary alicyclic amines) is 1. The summed E-state index contributed by atoms with van der Waals surface area (Å²) in [4.78, 5) is 12.8. The lowest BCUT2D eigenvalue weighted by atomic mass is 9.73. The lowest BCUT2D eigenvalue weighted by Gasteiger charge is -2.43. The third-order valence-corrected chi connectivity index (χ3v) is 7.21. The van der Waals surface area contributed by atoms with Crippen molar-refractivity contribution >= 4 is 17.5 Å². The maximum atomic E-state index is 12.8. The summed E-state index contributed by atoms with van der Waals surface area (Å²) in [5.74, 6) is 0.855. The smallest absolute Gasteiger partial charge is 0.407 e. The Labute approximate surface area is 158 Å². The Balaban J connectivity index is 1.94. The molecule has 1 aliphatic carbocycles. The minimum Gasteiger partial charge on any atom is -0.598 e. The van der Waals surface area contributed by atoms with Crippen molar-refractivity contribution in [3.05, 3.63) is 29.3 Å². The lowest BCUT2D eigenvalue weighted by molar-refractivity contribution is 0.0763. The molecule has 1 fully saturated rings. The fourth-order valence-electron chi connectivity index (χ4n) is 4.10. The van der Waals surface area contributed by atoms with E-state index in [1.54, 1.807) is 7.11 Å². The van der Waals surface area contributed by atoms with Gasteiger partial charge in [-0.2, -0.15) is 0 Å². The monoisotopic (exact) mass is 380 g/mol. The summed E-state index contributed by atoms with van der Waals surface area (Å²) in [6.07, 6.45) is 1.45. The van der Waals surface area contributed by atoms with Crippen molar-refractivity contribution in [3.63, 3.8) is 0 Å². The molecule has 1 aromatic rings. The van der Waals surface area contributed by atoms with Crippen molar-refractivity contribution in [1.82, 2.24) is 9.62 Å². The minimum atomic E-state index is -1.21. The first-order valence-electron chi connectivity index (χ1n) is 9.00. The molecule has 1 heterocycles. The predicted octanol–water partition coefficient (Wildman–Crippen LogP) is 3.10. The summed E-state index contributed by atoms with van der Waals surface area (Å²) < 4.78 is 21.4. The topological polar surface area (TPSA) is 84.9 Å². The Morgan fingerprint density at radius 1 is 1.38 bits per heavy atom. The first-order valence-corrected chi connectivity index (χ1v) is 10.1. The van der Waals surface area contributed by atoms with E-state index in [4.69, 9.17) is 4.74 Å². The van der Waals surface area contributed by atoms with Crippen molar-refractivity contribution in [2.24, 2.45) is 5.41 Å². The number of fused-ring (bicyclic) bond motifs is 1. The number of piperidine rings is 1. The molecular formula is C19H28N2O4S. The summed E-state index contributed by atoms with van der Waals surface area (Å²) in [7, 11) is 1.67. The molecule has 1 amide bonds.